The molecule has 0 bridgehead atoms. The summed E-state index contributed by atoms with van der Waals surface area (Å²) in [6.07, 6.45) is 20.8. The van der Waals surface area contributed by atoms with Crippen LogP contribution < -0.4 is 0 Å². The highest BCUT2D eigenvalue weighted by Crippen LogP contribution is 2.45. The number of unbranched alkanes of at least 4 members (excludes halogenated alkanes) is 15. The summed E-state index contributed by atoms with van der Waals surface area (Å²) in [5.74, 6) is -0.628. The molecular weight excluding hydrogens is 460 g/mol. The van der Waals surface area contributed by atoms with Crippen LogP contribution in [0.15, 0.2) is 6.07 Å². The van der Waals surface area contributed by atoms with Crippen LogP contribution in [0, 0.1) is 0 Å². The maximum absolute atomic E-state index is 12.8. The minimum Gasteiger partial charge on any atom is -0.507 e. The van der Waals surface area contributed by atoms with E-state index in [0.717, 1.165) is 12.8 Å². The van der Waals surface area contributed by atoms with Gasteiger partial charge in [-0.1, -0.05) is 145 Å². The number of carbonyl (C=O) groups is 1. The van der Waals surface area contributed by atoms with E-state index in [9.17, 15) is 15.0 Å². The molecule has 0 aliphatic rings. The average molecular weight is 519 g/mol. The molecule has 0 amide bonds. The van der Waals surface area contributed by atoms with Crippen molar-refractivity contribution in [2.24, 2.45) is 0 Å². The van der Waals surface area contributed by atoms with Crippen molar-refractivity contribution < 1.29 is 19.7 Å². The van der Waals surface area contributed by atoms with Gasteiger partial charge in [0.25, 0.3) is 0 Å². The SMILES string of the molecule is CCCCCCCCCCCCCCCCCCOC(=O)c1cc(C(C)(C)C)c(O)c(C(C)(C)C)c1O. The maximum atomic E-state index is 12.8. The van der Waals surface area contributed by atoms with Crippen LogP contribution in [0.25, 0.3) is 0 Å². The van der Waals surface area contributed by atoms with E-state index in [-0.39, 0.29) is 22.5 Å². The summed E-state index contributed by atoms with van der Waals surface area (Å²) >= 11 is 0. The van der Waals surface area contributed by atoms with Crippen molar-refractivity contribution >= 4 is 5.97 Å². The van der Waals surface area contributed by atoms with Gasteiger partial charge in [-0.2, -0.15) is 0 Å². The maximum Gasteiger partial charge on any atom is 0.341 e. The topological polar surface area (TPSA) is 66.8 Å². The molecule has 4 nitrogen and oxygen atoms in total. The molecular formula is C33H58O4. The van der Waals surface area contributed by atoms with Gasteiger partial charge in [0.1, 0.15) is 17.1 Å². The minimum absolute atomic E-state index is 0.0619. The normalized spacial score (nSPS) is 12.2. The molecule has 0 atom stereocenters. The third-order valence-corrected chi connectivity index (χ3v) is 7.28. The van der Waals surface area contributed by atoms with Gasteiger partial charge in [0.05, 0.1) is 6.61 Å². The molecule has 1 aromatic carbocycles. The molecule has 2 N–H and O–H groups in total. The Balaban J connectivity index is 2.28. The standard InChI is InChI=1S/C33H58O4/c1-8-9-10-11-12-13-14-15-16-17-18-19-20-21-22-23-24-37-31(36)26-25-27(32(2,3)4)30(35)28(29(26)34)33(5,6)7/h25,34-35H,8-24H2,1-7H3. The molecule has 0 fully saturated rings. The van der Waals surface area contributed by atoms with Crippen LogP contribution in [-0.4, -0.2) is 22.8 Å². The van der Waals surface area contributed by atoms with Crippen LogP contribution in [0.4, 0.5) is 0 Å². The van der Waals surface area contributed by atoms with Gasteiger partial charge in [0.15, 0.2) is 0 Å². The van der Waals surface area contributed by atoms with Gasteiger partial charge in [0.2, 0.25) is 0 Å². The highest BCUT2D eigenvalue weighted by atomic mass is 16.5. The van der Waals surface area contributed by atoms with Crippen LogP contribution in [0.2, 0.25) is 0 Å². The molecule has 0 radical (unpaired) electrons. The van der Waals surface area contributed by atoms with E-state index in [1.165, 1.54) is 89.9 Å². The fourth-order valence-corrected chi connectivity index (χ4v) is 4.99. The summed E-state index contributed by atoms with van der Waals surface area (Å²) in [7, 11) is 0. The number of aromatic hydroxyl groups is 2. The molecule has 4 heteroatoms. The quantitative estimate of drug-likeness (QED) is 0.150. The van der Waals surface area contributed by atoms with Crippen LogP contribution in [0.3, 0.4) is 0 Å². The lowest BCUT2D eigenvalue weighted by Crippen LogP contribution is -2.20. The van der Waals surface area contributed by atoms with Gasteiger partial charge in [-0.05, 0) is 23.3 Å². The zero-order valence-electron chi connectivity index (χ0n) is 25.3. The lowest BCUT2D eigenvalue weighted by molar-refractivity contribution is 0.0494. The summed E-state index contributed by atoms with van der Waals surface area (Å²) in [6.45, 7) is 14.3. The van der Waals surface area contributed by atoms with Gasteiger partial charge in [-0.15, -0.1) is 0 Å². The molecule has 0 aromatic heterocycles. The number of hydrogen-bond acceptors (Lipinski definition) is 4. The summed E-state index contributed by atoms with van der Waals surface area (Å²) in [4.78, 5) is 12.8. The largest absolute Gasteiger partial charge is 0.507 e. The van der Waals surface area contributed by atoms with Crippen molar-refractivity contribution in [3.63, 3.8) is 0 Å². The van der Waals surface area contributed by atoms with E-state index < -0.39 is 11.4 Å². The Bertz CT molecular complexity index is 783. The fourth-order valence-electron chi connectivity index (χ4n) is 4.99. The van der Waals surface area contributed by atoms with E-state index >= 15 is 0 Å². The van der Waals surface area contributed by atoms with Gasteiger partial charge in [0, 0.05) is 11.1 Å². The lowest BCUT2D eigenvalue weighted by atomic mass is 9.77. The van der Waals surface area contributed by atoms with Crippen molar-refractivity contribution in [2.75, 3.05) is 6.61 Å². The minimum atomic E-state index is -0.519. The zero-order chi connectivity index (χ0) is 27.9. The molecule has 1 rings (SSSR count). The number of phenols is 2. The van der Waals surface area contributed by atoms with Crippen LogP contribution >= 0.6 is 0 Å². The van der Waals surface area contributed by atoms with E-state index in [4.69, 9.17) is 4.74 Å². The Kier molecular flexibility index (Phi) is 15.3. The van der Waals surface area contributed by atoms with Gasteiger partial charge in [-0.25, -0.2) is 4.79 Å². The number of benzene rings is 1. The monoisotopic (exact) mass is 518 g/mol. The number of rotatable bonds is 18. The van der Waals surface area contributed by atoms with Crippen LogP contribution in [-0.2, 0) is 15.6 Å². The molecule has 0 heterocycles. The smallest absolute Gasteiger partial charge is 0.341 e. The second-order valence-corrected chi connectivity index (χ2v) is 13.0. The van der Waals surface area contributed by atoms with E-state index in [0.29, 0.717) is 17.7 Å². The van der Waals surface area contributed by atoms with Crippen molar-refractivity contribution in [2.45, 2.75) is 162 Å². The number of carbonyl (C=O) groups excluding carboxylic acids is 1. The predicted molar refractivity (Wildman–Crippen MR) is 157 cm³/mol. The van der Waals surface area contributed by atoms with Crippen molar-refractivity contribution in [1.82, 2.24) is 0 Å². The molecule has 214 valence electrons. The molecule has 0 aliphatic heterocycles. The van der Waals surface area contributed by atoms with Crippen molar-refractivity contribution in [3.8, 4) is 11.5 Å². The third kappa shape index (κ3) is 12.6. The summed E-state index contributed by atoms with van der Waals surface area (Å²) in [6, 6.07) is 1.59. The highest BCUT2D eigenvalue weighted by Gasteiger charge is 2.32. The Morgan fingerprint density at radius 1 is 0.649 bits per heavy atom. The number of ether oxygens (including phenoxy) is 1. The first-order valence-electron chi connectivity index (χ1n) is 15.2. The van der Waals surface area contributed by atoms with E-state index in [1.54, 1.807) is 6.07 Å². The number of esters is 1. The van der Waals surface area contributed by atoms with Gasteiger partial charge < -0.3 is 14.9 Å². The second kappa shape index (κ2) is 17.0. The lowest BCUT2D eigenvalue weighted by Gasteiger charge is -2.29. The highest BCUT2D eigenvalue weighted by molar-refractivity contribution is 5.94. The van der Waals surface area contributed by atoms with Crippen molar-refractivity contribution in [3.05, 3.63) is 22.8 Å². The number of hydrogen-bond donors (Lipinski definition) is 2. The molecule has 0 unspecified atom stereocenters. The van der Waals surface area contributed by atoms with Crippen molar-refractivity contribution in [1.29, 1.82) is 0 Å². The molecule has 0 spiro atoms. The molecule has 37 heavy (non-hydrogen) atoms. The molecule has 0 saturated carbocycles. The number of phenolic OH excluding ortho intramolecular Hbond substituents is 2. The first kappa shape index (κ1) is 33.3. The Morgan fingerprint density at radius 3 is 1.43 bits per heavy atom. The van der Waals surface area contributed by atoms with Gasteiger partial charge >= 0.3 is 5.97 Å². The second-order valence-electron chi connectivity index (χ2n) is 13.0. The summed E-state index contributed by atoms with van der Waals surface area (Å²) in [5.41, 5.74) is 0.294. The first-order valence-corrected chi connectivity index (χ1v) is 15.2. The Hall–Kier alpha value is -1.71. The summed E-state index contributed by atoms with van der Waals surface area (Å²) in [5, 5.41) is 21.7. The molecule has 0 aliphatic carbocycles. The van der Waals surface area contributed by atoms with Gasteiger partial charge in [-0.3, -0.25) is 0 Å². The fraction of sp³-hybridized carbons (Fsp3) is 0.788. The van der Waals surface area contributed by atoms with E-state index in [1.807, 2.05) is 41.5 Å². The summed E-state index contributed by atoms with van der Waals surface area (Å²) < 4.78 is 5.52. The van der Waals surface area contributed by atoms with Crippen LogP contribution in [0.1, 0.15) is 173 Å². The van der Waals surface area contributed by atoms with E-state index in [2.05, 4.69) is 6.92 Å². The molecule has 1 aromatic rings. The molecule has 0 saturated heterocycles. The third-order valence-electron chi connectivity index (χ3n) is 7.28. The Labute approximate surface area is 228 Å². The first-order chi connectivity index (χ1) is 17.4. The Morgan fingerprint density at radius 2 is 1.05 bits per heavy atom. The predicted octanol–water partition coefficient (Wildman–Crippen LogP) is 10.1. The average Bonchev–Trinajstić information content (AvgIpc) is 2.79. The zero-order valence-corrected chi connectivity index (χ0v) is 25.3. The van der Waals surface area contributed by atoms with Crippen LogP contribution in [0.5, 0.6) is 11.5 Å².